The van der Waals surface area contributed by atoms with E-state index in [2.05, 4.69) is 5.32 Å². The summed E-state index contributed by atoms with van der Waals surface area (Å²) in [5.41, 5.74) is 0.248. The number of nitro groups is 1. The standard InChI is InChI=1S/C10H9ClN2O4/c1-6(14)12-9-4-7(11)2-3-8(9)10(15)5-13(16)17/h2-4H,5H2,1H3,(H,12,14). The Hall–Kier alpha value is -1.95. The summed E-state index contributed by atoms with van der Waals surface area (Å²) in [6, 6.07) is 4.15. The molecule has 1 rings (SSSR count). The molecule has 0 saturated heterocycles. The van der Waals surface area contributed by atoms with Crippen molar-refractivity contribution in [2.45, 2.75) is 6.92 Å². The largest absolute Gasteiger partial charge is 0.326 e. The van der Waals surface area contributed by atoms with E-state index in [1.165, 1.54) is 25.1 Å². The summed E-state index contributed by atoms with van der Waals surface area (Å²) >= 11 is 5.71. The number of rotatable bonds is 4. The van der Waals surface area contributed by atoms with E-state index in [4.69, 9.17) is 11.6 Å². The number of ketones is 1. The van der Waals surface area contributed by atoms with E-state index in [9.17, 15) is 19.7 Å². The second-order valence-corrected chi connectivity index (χ2v) is 3.72. The fourth-order valence-corrected chi connectivity index (χ4v) is 1.43. The van der Waals surface area contributed by atoms with Crippen LogP contribution in [0.5, 0.6) is 0 Å². The van der Waals surface area contributed by atoms with E-state index >= 15 is 0 Å². The summed E-state index contributed by atoms with van der Waals surface area (Å²) in [5, 5.41) is 13.0. The second kappa shape index (κ2) is 5.40. The lowest BCUT2D eigenvalue weighted by atomic mass is 10.1. The first-order chi connectivity index (χ1) is 7.90. The average Bonchev–Trinajstić information content (AvgIpc) is 2.15. The van der Waals surface area contributed by atoms with E-state index in [-0.39, 0.29) is 17.2 Å². The lowest BCUT2D eigenvalue weighted by Crippen LogP contribution is -2.17. The maximum Gasteiger partial charge on any atom is 0.265 e. The minimum Gasteiger partial charge on any atom is -0.326 e. The van der Waals surface area contributed by atoms with Crippen LogP contribution in [-0.4, -0.2) is 23.2 Å². The van der Waals surface area contributed by atoms with Crippen LogP contribution in [0.2, 0.25) is 5.02 Å². The lowest BCUT2D eigenvalue weighted by Gasteiger charge is -2.07. The molecule has 0 saturated carbocycles. The summed E-state index contributed by atoms with van der Waals surface area (Å²) in [5.74, 6) is -1.07. The van der Waals surface area contributed by atoms with Crippen molar-refractivity contribution in [3.05, 3.63) is 38.9 Å². The van der Waals surface area contributed by atoms with Crippen molar-refractivity contribution < 1.29 is 14.5 Å². The van der Waals surface area contributed by atoms with E-state index in [0.717, 1.165) is 0 Å². The third kappa shape index (κ3) is 3.84. The van der Waals surface area contributed by atoms with Crippen LogP contribution < -0.4 is 5.32 Å². The summed E-state index contributed by atoms with van der Waals surface area (Å²) in [6.07, 6.45) is 0. The molecule has 17 heavy (non-hydrogen) atoms. The Morgan fingerprint density at radius 3 is 2.65 bits per heavy atom. The smallest absolute Gasteiger partial charge is 0.265 e. The minimum absolute atomic E-state index is 0.0706. The molecule has 1 amide bonds. The van der Waals surface area contributed by atoms with Gasteiger partial charge in [0.2, 0.25) is 11.7 Å². The van der Waals surface area contributed by atoms with Gasteiger partial charge in [0.15, 0.2) is 0 Å². The molecule has 0 bridgehead atoms. The van der Waals surface area contributed by atoms with Gasteiger partial charge in [0.25, 0.3) is 6.54 Å². The van der Waals surface area contributed by atoms with Crippen molar-refractivity contribution >= 4 is 29.0 Å². The number of anilines is 1. The first-order valence-corrected chi connectivity index (χ1v) is 5.00. The zero-order valence-corrected chi connectivity index (χ0v) is 9.65. The lowest BCUT2D eigenvalue weighted by molar-refractivity contribution is -0.465. The highest BCUT2D eigenvalue weighted by Gasteiger charge is 2.17. The van der Waals surface area contributed by atoms with Crippen LogP contribution in [-0.2, 0) is 4.79 Å². The molecule has 90 valence electrons. The number of nitrogens with zero attached hydrogens (tertiary/aromatic N) is 1. The van der Waals surface area contributed by atoms with Crippen molar-refractivity contribution in [2.75, 3.05) is 11.9 Å². The Bertz CT molecular complexity index is 487. The Morgan fingerprint density at radius 1 is 1.47 bits per heavy atom. The molecule has 6 nitrogen and oxygen atoms in total. The van der Waals surface area contributed by atoms with Gasteiger partial charge < -0.3 is 5.32 Å². The van der Waals surface area contributed by atoms with Crippen LogP contribution in [0.1, 0.15) is 17.3 Å². The molecule has 0 aliphatic rings. The van der Waals surface area contributed by atoms with Gasteiger partial charge in [-0.05, 0) is 18.2 Å². The molecule has 0 spiro atoms. The van der Waals surface area contributed by atoms with Crippen molar-refractivity contribution in [3.8, 4) is 0 Å². The number of Topliss-reactive ketones (excluding diaryl/α,β-unsaturated/α-hetero) is 1. The number of nitrogens with one attached hydrogen (secondary N) is 1. The van der Waals surface area contributed by atoms with Crippen LogP contribution in [0.15, 0.2) is 18.2 Å². The number of halogens is 1. The number of carbonyl (C=O) groups is 2. The minimum atomic E-state index is -0.825. The highest BCUT2D eigenvalue weighted by Crippen LogP contribution is 2.21. The molecule has 0 radical (unpaired) electrons. The Labute approximate surface area is 102 Å². The number of amides is 1. The Balaban J connectivity index is 3.09. The monoisotopic (exact) mass is 256 g/mol. The molecule has 1 aromatic rings. The SMILES string of the molecule is CC(=O)Nc1cc(Cl)ccc1C(=O)C[N+](=O)[O-]. The third-order valence-electron chi connectivity index (χ3n) is 1.87. The molecule has 0 unspecified atom stereocenters. The summed E-state index contributed by atoms with van der Waals surface area (Å²) in [4.78, 5) is 32.0. The van der Waals surface area contributed by atoms with Gasteiger partial charge in [0.1, 0.15) is 0 Å². The fourth-order valence-electron chi connectivity index (χ4n) is 1.26. The summed E-state index contributed by atoms with van der Waals surface area (Å²) in [7, 11) is 0. The van der Waals surface area contributed by atoms with Crippen LogP contribution >= 0.6 is 11.6 Å². The first-order valence-electron chi connectivity index (χ1n) is 4.62. The molecule has 0 aromatic heterocycles. The summed E-state index contributed by atoms with van der Waals surface area (Å²) < 4.78 is 0. The van der Waals surface area contributed by atoms with E-state index in [1.54, 1.807) is 0 Å². The maximum absolute atomic E-state index is 11.5. The maximum atomic E-state index is 11.5. The van der Waals surface area contributed by atoms with Crippen LogP contribution in [0, 0.1) is 10.1 Å². The molecular weight excluding hydrogens is 248 g/mol. The van der Waals surface area contributed by atoms with Gasteiger partial charge >= 0.3 is 0 Å². The molecule has 7 heteroatoms. The fraction of sp³-hybridized carbons (Fsp3) is 0.200. The first kappa shape index (κ1) is 13.1. The average molecular weight is 257 g/mol. The Morgan fingerprint density at radius 2 is 2.12 bits per heavy atom. The molecule has 1 N–H and O–H groups in total. The highest BCUT2D eigenvalue weighted by atomic mass is 35.5. The highest BCUT2D eigenvalue weighted by molar-refractivity contribution is 6.31. The van der Waals surface area contributed by atoms with Gasteiger partial charge in [0.05, 0.1) is 5.69 Å². The van der Waals surface area contributed by atoms with Gasteiger partial charge in [-0.2, -0.15) is 0 Å². The molecule has 0 aliphatic carbocycles. The second-order valence-electron chi connectivity index (χ2n) is 3.29. The topological polar surface area (TPSA) is 89.3 Å². The molecule has 1 aromatic carbocycles. The zero-order valence-electron chi connectivity index (χ0n) is 8.90. The number of carbonyl (C=O) groups excluding carboxylic acids is 2. The zero-order chi connectivity index (χ0) is 13.0. The quantitative estimate of drug-likeness (QED) is 0.505. The molecule has 0 atom stereocenters. The van der Waals surface area contributed by atoms with Crippen molar-refractivity contribution in [3.63, 3.8) is 0 Å². The number of benzene rings is 1. The molecule has 0 aliphatic heterocycles. The third-order valence-corrected chi connectivity index (χ3v) is 2.10. The van der Waals surface area contributed by atoms with Crippen LogP contribution in [0.4, 0.5) is 5.69 Å². The normalized spacial score (nSPS) is 9.76. The number of hydrogen-bond acceptors (Lipinski definition) is 4. The van der Waals surface area contributed by atoms with Crippen molar-refractivity contribution in [2.24, 2.45) is 0 Å². The molecular formula is C10H9ClN2O4. The van der Waals surface area contributed by atoms with E-state index in [1.807, 2.05) is 0 Å². The summed E-state index contributed by atoms with van der Waals surface area (Å²) in [6.45, 7) is 0.441. The number of hydrogen-bond donors (Lipinski definition) is 1. The van der Waals surface area contributed by atoms with Crippen molar-refractivity contribution in [1.82, 2.24) is 0 Å². The van der Waals surface area contributed by atoms with Crippen LogP contribution in [0.3, 0.4) is 0 Å². The van der Waals surface area contributed by atoms with Gasteiger partial charge in [-0.15, -0.1) is 0 Å². The van der Waals surface area contributed by atoms with Gasteiger partial charge in [-0.25, -0.2) is 0 Å². The molecule has 0 heterocycles. The predicted molar refractivity (Wildman–Crippen MR) is 61.9 cm³/mol. The Kier molecular flexibility index (Phi) is 4.17. The van der Waals surface area contributed by atoms with Gasteiger partial charge in [0, 0.05) is 22.4 Å². The van der Waals surface area contributed by atoms with Crippen molar-refractivity contribution in [1.29, 1.82) is 0 Å². The van der Waals surface area contributed by atoms with Gasteiger partial charge in [-0.1, -0.05) is 11.6 Å². The van der Waals surface area contributed by atoms with Gasteiger partial charge in [-0.3, -0.25) is 19.7 Å². The molecule has 0 fully saturated rings. The van der Waals surface area contributed by atoms with E-state index < -0.39 is 17.3 Å². The van der Waals surface area contributed by atoms with Crippen LogP contribution in [0.25, 0.3) is 0 Å². The predicted octanol–water partition coefficient (Wildman–Crippen LogP) is 1.76. The van der Waals surface area contributed by atoms with E-state index in [0.29, 0.717) is 5.02 Å².